The Bertz CT molecular complexity index is 873. The number of hydrogen-bond donors (Lipinski definition) is 1. The van der Waals surface area contributed by atoms with Crippen molar-refractivity contribution in [2.75, 3.05) is 7.11 Å². The fourth-order valence-corrected chi connectivity index (χ4v) is 3.19. The highest BCUT2D eigenvalue weighted by molar-refractivity contribution is 6.04. The molecule has 1 saturated heterocycles. The molecule has 3 heterocycles. The number of amides is 3. The maximum Gasteiger partial charge on any atom is 0.273 e. The van der Waals surface area contributed by atoms with Crippen LogP contribution >= 0.6 is 0 Å². The fourth-order valence-electron chi connectivity index (χ4n) is 3.19. The van der Waals surface area contributed by atoms with Crippen LogP contribution in [-0.4, -0.2) is 45.0 Å². The fraction of sp³-hybridized carbons (Fsp3) is 0.294. The van der Waals surface area contributed by atoms with E-state index >= 15 is 0 Å². The van der Waals surface area contributed by atoms with Crippen LogP contribution in [0.1, 0.15) is 35.2 Å². The van der Waals surface area contributed by atoms with Crippen LogP contribution in [0.4, 0.5) is 0 Å². The van der Waals surface area contributed by atoms with Gasteiger partial charge in [-0.05, 0) is 24.1 Å². The molecule has 0 spiro atoms. The third-order valence-electron chi connectivity index (χ3n) is 4.46. The summed E-state index contributed by atoms with van der Waals surface area (Å²) in [5, 5.41) is 9.17. The molecule has 1 aromatic heterocycles. The molecule has 0 aliphatic carbocycles. The number of methoxy groups -OCH3 is 1. The second kappa shape index (κ2) is 5.73. The Balaban J connectivity index is 1.65. The van der Waals surface area contributed by atoms with Crippen molar-refractivity contribution in [3.63, 3.8) is 0 Å². The van der Waals surface area contributed by atoms with E-state index in [9.17, 15) is 14.4 Å². The van der Waals surface area contributed by atoms with Crippen LogP contribution in [0.25, 0.3) is 11.3 Å². The van der Waals surface area contributed by atoms with Crippen LogP contribution < -0.4 is 4.74 Å². The molecule has 8 heteroatoms. The van der Waals surface area contributed by atoms with Crippen molar-refractivity contribution in [2.24, 2.45) is 0 Å². The number of rotatable bonds is 3. The Morgan fingerprint density at radius 1 is 1.12 bits per heavy atom. The zero-order valence-electron chi connectivity index (χ0n) is 13.6. The molecule has 8 nitrogen and oxygen atoms in total. The van der Waals surface area contributed by atoms with Crippen LogP contribution in [0.15, 0.2) is 24.3 Å². The maximum absolute atomic E-state index is 12.6. The molecule has 0 bridgehead atoms. The predicted molar refractivity (Wildman–Crippen MR) is 86.2 cm³/mol. The maximum atomic E-state index is 12.6. The molecular formula is C17H16N4O4. The number of H-pyrrole nitrogens is 1. The largest absolute Gasteiger partial charge is 0.481 e. The van der Waals surface area contributed by atoms with Crippen LogP contribution in [0.3, 0.4) is 0 Å². The number of carbonyl (C=O) groups is 3. The van der Waals surface area contributed by atoms with E-state index < -0.39 is 0 Å². The first-order chi connectivity index (χ1) is 12.1. The van der Waals surface area contributed by atoms with Crippen LogP contribution in [0.5, 0.6) is 5.88 Å². The third-order valence-corrected chi connectivity index (χ3v) is 4.46. The van der Waals surface area contributed by atoms with E-state index in [1.54, 1.807) is 25.3 Å². The minimum Gasteiger partial charge on any atom is -0.481 e. The van der Waals surface area contributed by atoms with Crippen molar-refractivity contribution in [3.05, 3.63) is 35.4 Å². The minimum atomic E-state index is -0.329. The van der Waals surface area contributed by atoms with Gasteiger partial charge >= 0.3 is 0 Å². The second-order valence-electron chi connectivity index (χ2n) is 6.01. The van der Waals surface area contributed by atoms with Crippen molar-refractivity contribution in [1.29, 1.82) is 0 Å². The summed E-state index contributed by atoms with van der Waals surface area (Å²) in [6.45, 7) is 0.195. The highest BCUT2D eigenvalue weighted by Crippen LogP contribution is 2.31. The molecule has 0 radical (unpaired) electrons. The number of ether oxygens (including phenoxy) is 1. The molecular weight excluding hydrogens is 324 g/mol. The normalized spacial score (nSPS) is 17.2. The zero-order valence-corrected chi connectivity index (χ0v) is 13.6. The number of imide groups is 1. The Kier molecular flexibility index (Phi) is 3.52. The van der Waals surface area contributed by atoms with Crippen LogP contribution in [-0.2, 0) is 16.1 Å². The smallest absolute Gasteiger partial charge is 0.273 e. The van der Waals surface area contributed by atoms with E-state index in [0.717, 1.165) is 16.1 Å². The number of nitrogens with one attached hydrogen (secondary N) is 1. The molecule has 25 heavy (non-hydrogen) atoms. The summed E-state index contributed by atoms with van der Waals surface area (Å²) in [6, 6.07) is 7.10. The first kappa shape index (κ1) is 15.4. The van der Waals surface area contributed by atoms with Crippen molar-refractivity contribution in [3.8, 4) is 17.1 Å². The standard InChI is InChI=1S/C17H16N4O4/c1-25-14-8-13(18-19-14)10-5-6-12-11(7-10)9-20(17(12)24)21-15(22)3-2-4-16(21)23/h5-8H,2-4,9H2,1H3,(H,18,19). The lowest BCUT2D eigenvalue weighted by Crippen LogP contribution is -2.51. The molecule has 1 fully saturated rings. The quantitative estimate of drug-likeness (QED) is 0.854. The predicted octanol–water partition coefficient (Wildman–Crippen LogP) is 1.50. The SMILES string of the molecule is COc1cc(-c2ccc3c(c2)CN(N2C(=O)CCCC2=O)C3=O)n[nH]1. The Morgan fingerprint density at radius 2 is 1.88 bits per heavy atom. The van der Waals surface area contributed by atoms with Crippen molar-refractivity contribution in [2.45, 2.75) is 25.8 Å². The van der Waals surface area contributed by atoms with Gasteiger partial charge in [0, 0.05) is 30.0 Å². The van der Waals surface area contributed by atoms with Gasteiger partial charge < -0.3 is 4.74 Å². The van der Waals surface area contributed by atoms with E-state index in [-0.39, 0.29) is 37.1 Å². The van der Waals surface area contributed by atoms with E-state index in [4.69, 9.17) is 4.74 Å². The van der Waals surface area contributed by atoms with Gasteiger partial charge in [0.1, 0.15) is 0 Å². The van der Waals surface area contributed by atoms with E-state index in [0.29, 0.717) is 23.6 Å². The average Bonchev–Trinajstić information content (AvgIpc) is 3.20. The highest BCUT2D eigenvalue weighted by atomic mass is 16.5. The summed E-state index contributed by atoms with van der Waals surface area (Å²) in [5.74, 6) is -0.438. The van der Waals surface area contributed by atoms with Gasteiger partial charge in [0.15, 0.2) is 0 Å². The Morgan fingerprint density at radius 3 is 2.56 bits per heavy atom. The van der Waals surface area contributed by atoms with E-state index in [2.05, 4.69) is 10.2 Å². The molecule has 3 amide bonds. The summed E-state index contributed by atoms with van der Waals surface area (Å²) in [4.78, 5) is 36.8. The Hall–Kier alpha value is -3.16. The minimum absolute atomic E-state index is 0.195. The van der Waals surface area contributed by atoms with Gasteiger partial charge in [0.05, 0.1) is 19.3 Å². The van der Waals surface area contributed by atoms with Crippen molar-refractivity contribution >= 4 is 17.7 Å². The average molecular weight is 340 g/mol. The molecule has 4 rings (SSSR count). The Labute approximate surface area is 143 Å². The number of hydrazine groups is 1. The summed E-state index contributed by atoms with van der Waals surface area (Å²) in [5.41, 5.74) is 2.77. The number of benzene rings is 1. The van der Waals surface area contributed by atoms with E-state index in [1.165, 1.54) is 5.01 Å². The van der Waals surface area contributed by atoms with Gasteiger partial charge in [-0.25, -0.2) is 10.1 Å². The number of fused-ring (bicyclic) bond motifs is 1. The molecule has 0 unspecified atom stereocenters. The molecule has 0 atom stereocenters. The third kappa shape index (κ3) is 2.46. The zero-order chi connectivity index (χ0) is 17.6. The second-order valence-corrected chi connectivity index (χ2v) is 6.01. The summed E-state index contributed by atoms with van der Waals surface area (Å²) in [6.07, 6.45) is 1.10. The van der Waals surface area contributed by atoms with Crippen LogP contribution in [0, 0.1) is 0 Å². The van der Waals surface area contributed by atoms with Crippen molar-refractivity contribution in [1.82, 2.24) is 20.2 Å². The molecule has 1 aromatic carbocycles. The van der Waals surface area contributed by atoms with Gasteiger partial charge in [-0.2, -0.15) is 10.1 Å². The number of nitrogens with zero attached hydrogens (tertiary/aromatic N) is 3. The molecule has 2 aliphatic rings. The van der Waals surface area contributed by atoms with E-state index in [1.807, 2.05) is 6.07 Å². The molecule has 1 N–H and O–H groups in total. The van der Waals surface area contributed by atoms with Gasteiger partial charge in [0.25, 0.3) is 5.91 Å². The van der Waals surface area contributed by atoms with Gasteiger partial charge in [-0.1, -0.05) is 6.07 Å². The van der Waals surface area contributed by atoms with Crippen molar-refractivity contribution < 1.29 is 19.1 Å². The first-order valence-electron chi connectivity index (χ1n) is 7.99. The van der Waals surface area contributed by atoms with Gasteiger partial charge in [0.2, 0.25) is 17.7 Å². The summed E-state index contributed by atoms with van der Waals surface area (Å²) in [7, 11) is 1.54. The lowest BCUT2D eigenvalue weighted by molar-refractivity contribution is -0.163. The van der Waals surface area contributed by atoms with Crippen LogP contribution in [0.2, 0.25) is 0 Å². The monoisotopic (exact) mass is 340 g/mol. The lowest BCUT2D eigenvalue weighted by atomic mass is 10.0. The molecule has 2 aliphatic heterocycles. The molecule has 2 aromatic rings. The summed E-state index contributed by atoms with van der Waals surface area (Å²) < 4.78 is 5.08. The topological polar surface area (TPSA) is 95.6 Å². The lowest BCUT2D eigenvalue weighted by Gasteiger charge is -2.32. The number of carbonyl (C=O) groups excluding carboxylic acids is 3. The van der Waals surface area contributed by atoms with Gasteiger partial charge in [-0.3, -0.25) is 14.4 Å². The number of aromatic nitrogens is 2. The molecule has 128 valence electrons. The number of hydrogen-bond acceptors (Lipinski definition) is 5. The number of aromatic amines is 1. The van der Waals surface area contributed by atoms with Gasteiger partial charge in [-0.15, -0.1) is 0 Å². The first-order valence-corrected chi connectivity index (χ1v) is 7.99. The summed E-state index contributed by atoms with van der Waals surface area (Å²) >= 11 is 0. The molecule has 0 saturated carbocycles. The number of piperidine rings is 1. The highest BCUT2D eigenvalue weighted by Gasteiger charge is 2.39.